The maximum Gasteiger partial charge on any atom is 0.326 e. The summed E-state index contributed by atoms with van der Waals surface area (Å²) in [6.45, 7) is 3.69. The molecule has 0 bridgehead atoms. The lowest BCUT2D eigenvalue weighted by atomic mass is 10.3. The van der Waals surface area contributed by atoms with Gasteiger partial charge in [0.1, 0.15) is 28.9 Å². The molecule has 1 aliphatic heterocycles. The van der Waals surface area contributed by atoms with Crippen LogP contribution in [-0.2, 0) is 0 Å². The normalized spacial score (nSPS) is 17.2. The van der Waals surface area contributed by atoms with Crippen molar-refractivity contribution in [3.05, 3.63) is 62.4 Å². The molecule has 3 aromatic heterocycles. The van der Waals surface area contributed by atoms with E-state index >= 15 is 0 Å². The average molecular weight is 523 g/mol. The number of aromatic nitrogens is 5. The summed E-state index contributed by atoms with van der Waals surface area (Å²) in [5.41, 5.74) is 1.56. The van der Waals surface area contributed by atoms with Crippen LogP contribution in [0.5, 0.6) is 11.6 Å². The Labute approximate surface area is 216 Å². The highest BCUT2D eigenvalue weighted by molar-refractivity contribution is 6.34. The first-order chi connectivity index (χ1) is 18.0. The quantitative estimate of drug-likeness (QED) is 0.277. The van der Waals surface area contributed by atoms with Gasteiger partial charge in [-0.05, 0) is 57.0 Å². The summed E-state index contributed by atoms with van der Waals surface area (Å²) in [6.07, 6.45) is 7.78. The van der Waals surface area contributed by atoms with Gasteiger partial charge in [0, 0.05) is 17.8 Å². The minimum absolute atomic E-state index is 0.238. The summed E-state index contributed by atoms with van der Waals surface area (Å²) in [5.74, 6) is 0.889. The number of aromatic hydroxyl groups is 1. The Kier molecular flexibility index (Phi) is 6.31. The van der Waals surface area contributed by atoms with E-state index in [9.17, 15) is 9.90 Å². The van der Waals surface area contributed by atoms with Gasteiger partial charge in [-0.25, -0.2) is 9.78 Å². The number of benzene rings is 1. The molecule has 1 saturated heterocycles. The number of likely N-dealkylation sites (tertiary alicyclic amines) is 1. The van der Waals surface area contributed by atoms with Gasteiger partial charge in [-0.3, -0.25) is 14.9 Å². The van der Waals surface area contributed by atoms with Crippen molar-refractivity contribution in [1.29, 1.82) is 0 Å². The second-order valence-corrected chi connectivity index (χ2v) is 9.70. The van der Waals surface area contributed by atoms with Gasteiger partial charge >= 0.3 is 5.69 Å². The Morgan fingerprint density at radius 1 is 1.27 bits per heavy atom. The predicted octanol–water partition coefficient (Wildman–Crippen LogP) is 1.93. The van der Waals surface area contributed by atoms with Crippen LogP contribution >= 0.6 is 11.6 Å². The van der Waals surface area contributed by atoms with E-state index in [4.69, 9.17) is 26.3 Å². The summed E-state index contributed by atoms with van der Waals surface area (Å²) >= 11 is 6.70. The van der Waals surface area contributed by atoms with Gasteiger partial charge in [-0.2, -0.15) is 9.61 Å². The zero-order valence-corrected chi connectivity index (χ0v) is 20.8. The molecule has 6 rings (SSSR count). The lowest BCUT2D eigenvalue weighted by Crippen LogP contribution is -2.25. The second kappa shape index (κ2) is 9.91. The fourth-order valence-electron chi connectivity index (χ4n) is 4.41. The second-order valence-electron chi connectivity index (χ2n) is 9.32. The van der Waals surface area contributed by atoms with Crippen molar-refractivity contribution in [2.75, 3.05) is 31.6 Å². The minimum atomic E-state index is -0.503. The monoisotopic (exact) mass is 522 g/mol. The first kappa shape index (κ1) is 23.6. The average Bonchev–Trinajstić information content (AvgIpc) is 3.22. The SMILES string of the molecule is O=c1[nH]c(O)c(C=c2cnn3c(=NC4CC4)cc(Nc4cccc(OCCN5CCCC5)c4Cl)nc23)[nH]1. The molecule has 0 radical (unpaired) electrons. The Bertz CT molecular complexity index is 1620. The minimum Gasteiger partial charge on any atom is -0.493 e. The number of rotatable bonds is 8. The van der Waals surface area contributed by atoms with E-state index in [1.54, 1.807) is 16.8 Å². The molecule has 37 heavy (non-hydrogen) atoms. The molecule has 11 nitrogen and oxygen atoms in total. The van der Waals surface area contributed by atoms with Crippen molar-refractivity contribution in [1.82, 2.24) is 29.5 Å². The number of imidazole rings is 1. The van der Waals surface area contributed by atoms with Crippen LogP contribution in [0.1, 0.15) is 31.4 Å². The highest BCUT2D eigenvalue weighted by Crippen LogP contribution is 2.33. The first-order valence-electron chi connectivity index (χ1n) is 12.4. The van der Waals surface area contributed by atoms with Gasteiger partial charge < -0.3 is 20.1 Å². The molecule has 2 aliphatic rings. The number of anilines is 2. The van der Waals surface area contributed by atoms with Crippen molar-refractivity contribution < 1.29 is 9.84 Å². The van der Waals surface area contributed by atoms with Crippen LogP contribution in [0.3, 0.4) is 0 Å². The number of nitrogens with zero attached hydrogens (tertiary/aromatic N) is 5. The van der Waals surface area contributed by atoms with Crippen LogP contribution in [-0.4, -0.2) is 66.9 Å². The Morgan fingerprint density at radius 3 is 2.86 bits per heavy atom. The van der Waals surface area contributed by atoms with E-state index in [0.29, 0.717) is 45.2 Å². The van der Waals surface area contributed by atoms with Crippen molar-refractivity contribution in [2.45, 2.75) is 31.7 Å². The highest BCUT2D eigenvalue weighted by Gasteiger charge is 2.20. The fraction of sp³-hybridized carbons (Fsp3) is 0.360. The van der Waals surface area contributed by atoms with Crippen LogP contribution in [0.25, 0.3) is 11.7 Å². The summed E-state index contributed by atoms with van der Waals surface area (Å²) in [7, 11) is 0. The van der Waals surface area contributed by atoms with Crippen LogP contribution in [0, 0.1) is 0 Å². The van der Waals surface area contributed by atoms with E-state index in [1.165, 1.54) is 12.8 Å². The van der Waals surface area contributed by atoms with E-state index in [0.717, 1.165) is 32.5 Å². The van der Waals surface area contributed by atoms with E-state index < -0.39 is 5.69 Å². The molecule has 4 aromatic rings. The summed E-state index contributed by atoms with van der Waals surface area (Å²) in [5, 5.41) is 18.8. The molecular weight excluding hydrogens is 496 g/mol. The lowest BCUT2D eigenvalue weighted by Gasteiger charge is -2.16. The lowest BCUT2D eigenvalue weighted by molar-refractivity contribution is 0.238. The van der Waals surface area contributed by atoms with Crippen molar-refractivity contribution >= 4 is 34.8 Å². The highest BCUT2D eigenvalue weighted by atomic mass is 35.5. The van der Waals surface area contributed by atoms with E-state index in [2.05, 4.69) is 25.3 Å². The number of hydrogen-bond acceptors (Lipinski definition) is 8. The molecule has 2 fully saturated rings. The van der Waals surface area contributed by atoms with Gasteiger partial charge in [-0.15, -0.1) is 0 Å². The molecule has 1 saturated carbocycles. The van der Waals surface area contributed by atoms with Crippen molar-refractivity contribution in [3.63, 3.8) is 0 Å². The van der Waals surface area contributed by atoms with Crippen LogP contribution < -0.4 is 26.4 Å². The van der Waals surface area contributed by atoms with Gasteiger partial charge in [0.15, 0.2) is 11.1 Å². The Balaban J connectivity index is 1.33. The molecule has 192 valence electrons. The van der Waals surface area contributed by atoms with Gasteiger partial charge in [-0.1, -0.05) is 17.7 Å². The van der Waals surface area contributed by atoms with Crippen molar-refractivity contribution in [3.8, 4) is 11.6 Å². The van der Waals surface area contributed by atoms with E-state index in [1.807, 2.05) is 24.3 Å². The van der Waals surface area contributed by atoms with Gasteiger partial charge in [0.25, 0.3) is 0 Å². The van der Waals surface area contributed by atoms with Crippen LogP contribution in [0.15, 0.2) is 40.2 Å². The van der Waals surface area contributed by atoms with Crippen molar-refractivity contribution in [2.24, 2.45) is 4.99 Å². The zero-order chi connectivity index (χ0) is 25.4. The molecule has 4 N–H and O–H groups in total. The number of halogens is 1. The summed E-state index contributed by atoms with van der Waals surface area (Å²) < 4.78 is 7.64. The molecule has 0 atom stereocenters. The molecule has 0 unspecified atom stereocenters. The van der Waals surface area contributed by atoms with Gasteiger partial charge in [0.05, 0.1) is 17.9 Å². The predicted molar refractivity (Wildman–Crippen MR) is 139 cm³/mol. The molecule has 1 aromatic carbocycles. The number of aromatic amines is 2. The molecule has 1 aliphatic carbocycles. The molecule has 0 amide bonds. The Morgan fingerprint density at radius 2 is 2.11 bits per heavy atom. The van der Waals surface area contributed by atoms with Crippen LogP contribution in [0.2, 0.25) is 5.02 Å². The number of H-pyrrole nitrogens is 2. The fourth-order valence-corrected chi connectivity index (χ4v) is 4.64. The number of nitrogens with one attached hydrogen (secondary N) is 3. The molecule has 4 heterocycles. The number of hydrogen-bond donors (Lipinski definition) is 4. The molecule has 0 spiro atoms. The summed E-state index contributed by atoms with van der Waals surface area (Å²) in [4.78, 5) is 28.3. The smallest absolute Gasteiger partial charge is 0.326 e. The third kappa shape index (κ3) is 5.18. The third-order valence-electron chi connectivity index (χ3n) is 6.47. The largest absolute Gasteiger partial charge is 0.493 e. The maximum absolute atomic E-state index is 11.6. The molecule has 12 heteroatoms. The first-order valence-corrected chi connectivity index (χ1v) is 12.8. The standard InChI is InChI=1S/C25H27ClN8O3/c26-22-17(4-3-5-19(22)37-11-10-33-8-1-2-9-33)29-20-13-21(28-16-6-7-16)34-23(31-20)15(14-27-34)12-18-24(35)32-25(36)30-18/h3-5,12-14,16,29,35H,1-2,6-11H2,(H2,30,32,36). The zero-order valence-electron chi connectivity index (χ0n) is 20.1. The number of ether oxygens (including phenoxy) is 1. The molecular formula is C25H27ClN8O3. The summed E-state index contributed by atoms with van der Waals surface area (Å²) in [6, 6.07) is 7.70. The number of fused-ring (bicyclic) bond motifs is 1. The third-order valence-corrected chi connectivity index (χ3v) is 6.86. The van der Waals surface area contributed by atoms with Crippen LogP contribution in [0.4, 0.5) is 11.5 Å². The van der Waals surface area contributed by atoms with E-state index in [-0.39, 0.29) is 17.6 Å². The maximum atomic E-state index is 11.6. The topological polar surface area (TPSA) is 136 Å². The Hall–Kier alpha value is -3.83. The van der Waals surface area contributed by atoms with Gasteiger partial charge in [0.2, 0.25) is 5.88 Å².